The number of amides is 1. The molecule has 2 aliphatic heterocycles. The van der Waals surface area contributed by atoms with Gasteiger partial charge in [0.2, 0.25) is 0 Å². The molecule has 0 radical (unpaired) electrons. The molecule has 2 heterocycles. The molecule has 26 heavy (non-hydrogen) atoms. The minimum absolute atomic E-state index is 0.189. The molecule has 1 amide bonds. The van der Waals surface area contributed by atoms with Crippen molar-refractivity contribution in [1.82, 2.24) is 9.80 Å². The van der Waals surface area contributed by atoms with Gasteiger partial charge in [-0.3, -0.25) is 4.79 Å². The zero-order valence-electron chi connectivity index (χ0n) is 15.1. The Bertz CT molecular complexity index is 739. The van der Waals surface area contributed by atoms with E-state index in [-0.39, 0.29) is 5.91 Å². The standard InChI is InChI=1S/C22H26N2O2/c25-22-21-9-5-4-6-18(21)10-15-24(22)17-16-23-13-11-20(12-14-23)26-19-7-2-1-3-8-19/h1-9,20H,10-17H2. The Labute approximate surface area is 155 Å². The number of nitrogens with zero attached hydrogens (tertiary/aromatic N) is 2. The van der Waals surface area contributed by atoms with Crippen molar-refractivity contribution in [3.8, 4) is 5.75 Å². The first-order valence-electron chi connectivity index (χ1n) is 9.61. The van der Waals surface area contributed by atoms with Crippen molar-refractivity contribution in [3.05, 3.63) is 65.7 Å². The molecule has 0 aromatic heterocycles. The van der Waals surface area contributed by atoms with Crippen LogP contribution in [0.4, 0.5) is 0 Å². The fourth-order valence-electron chi connectivity index (χ4n) is 3.89. The number of fused-ring (bicyclic) bond motifs is 1. The van der Waals surface area contributed by atoms with Crippen LogP contribution >= 0.6 is 0 Å². The highest BCUT2D eigenvalue weighted by molar-refractivity contribution is 5.96. The van der Waals surface area contributed by atoms with Gasteiger partial charge in [-0.15, -0.1) is 0 Å². The maximum atomic E-state index is 12.6. The van der Waals surface area contributed by atoms with Crippen molar-refractivity contribution in [3.63, 3.8) is 0 Å². The zero-order chi connectivity index (χ0) is 17.8. The van der Waals surface area contributed by atoms with Crippen molar-refractivity contribution < 1.29 is 9.53 Å². The summed E-state index contributed by atoms with van der Waals surface area (Å²) >= 11 is 0. The number of ether oxygens (including phenoxy) is 1. The number of rotatable bonds is 5. The number of carbonyl (C=O) groups excluding carboxylic acids is 1. The fourth-order valence-corrected chi connectivity index (χ4v) is 3.89. The van der Waals surface area contributed by atoms with Gasteiger partial charge in [-0.25, -0.2) is 0 Å². The first-order chi connectivity index (χ1) is 12.8. The van der Waals surface area contributed by atoms with Crippen LogP contribution in [0.25, 0.3) is 0 Å². The van der Waals surface area contributed by atoms with Crippen LogP contribution < -0.4 is 4.74 Å². The monoisotopic (exact) mass is 350 g/mol. The van der Waals surface area contributed by atoms with Gasteiger partial charge < -0.3 is 14.5 Å². The predicted molar refractivity (Wildman–Crippen MR) is 103 cm³/mol. The summed E-state index contributed by atoms with van der Waals surface area (Å²) < 4.78 is 6.06. The summed E-state index contributed by atoms with van der Waals surface area (Å²) in [5.41, 5.74) is 2.07. The maximum Gasteiger partial charge on any atom is 0.254 e. The normalized spacial score (nSPS) is 18.6. The van der Waals surface area contributed by atoms with E-state index in [0.717, 1.165) is 63.3 Å². The molecule has 0 bridgehead atoms. The maximum absolute atomic E-state index is 12.6. The average molecular weight is 350 g/mol. The lowest BCUT2D eigenvalue weighted by Crippen LogP contribution is -2.45. The molecule has 2 aliphatic rings. The van der Waals surface area contributed by atoms with Crippen LogP contribution in [0.15, 0.2) is 54.6 Å². The number of likely N-dealkylation sites (tertiary alicyclic amines) is 1. The lowest BCUT2D eigenvalue weighted by atomic mass is 9.99. The SMILES string of the molecule is O=C1c2ccccc2CCN1CCN1CCC(Oc2ccccc2)CC1. The highest BCUT2D eigenvalue weighted by atomic mass is 16.5. The van der Waals surface area contributed by atoms with Gasteiger partial charge in [-0.1, -0.05) is 36.4 Å². The molecule has 0 spiro atoms. The number of carbonyl (C=O) groups is 1. The fraction of sp³-hybridized carbons (Fsp3) is 0.409. The number of benzene rings is 2. The summed E-state index contributed by atoms with van der Waals surface area (Å²) in [6.45, 7) is 4.68. The third kappa shape index (κ3) is 3.91. The third-order valence-electron chi connectivity index (χ3n) is 5.45. The second kappa shape index (κ2) is 7.92. The van der Waals surface area contributed by atoms with Crippen LogP contribution in [0.1, 0.15) is 28.8 Å². The van der Waals surface area contributed by atoms with Gasteiger partial charge in [-0.2, -0.15) is 0 Å². The van der Waals surface area contributed by atoms with Crippen LogP contribution in [0.3, 0.4) is 0 Å². The molecule has 1 fully saturated rings. The van der Waals surface area contributed by atoms with Crippen molar-refractivity contribution in [2.45, 2.75) is 25.4 Å². The molecule has 4 heteroatoms. The molecule has 0 atom stereocenters. The Hall–Kier alpha value is -2.33. The Balaban J connectivity index is 1.24. The molecular formula is C22H26N2O2. The van der Waals surface area contributed by atoms with Crippen molar-refractivity contribution >= 4 is 5.91 Å². The Morgan fingerprint density at radius 1 is 0.885 bits per heavy atom. The Kier molecular flexibility index (Phi) is 5.21. The Morgan fingerprint density at radius 3 is 2.42 bits per heavy atom. The lowest BCUT2D eigenvalue weighted by Gasteiger charge is -2.35. The lowest BCUT2D eigenvalue weighted by molar-refractivity contribution is 0.0667. The van der Waals surface area contributed by atoms with Crippen LogP contribution in [-0.4, -0.2) is 54.5 Å². The first-order valence-corrected chi connectivity index (χ1v) is 9.61. The zero-order valence-corrected chi connectivity index (χ0v) is 15.1. The van der Waals surface area contributed by atoms with Gasteiger partial charge in [0.25, 0.3) is 5.91 Å². The van der Waals surface area contributed by atoms with E-state index in [2.05, 4.69) is 11.0 Å². The highest BCUT2D eigenvalue weighted by Gasteiger charge is 2.25. The highest BCUT2D eigenvalue weighted by Crippen LogP contribution is 2.20. The number of hydrogen-bond acceptors (Lipinski definition) is 3. The van der Waals surface area contributed by atoms with Crippen molar-refractivity contribution in [2.24, 2.45) is 0 Å². The molecule has 4 nitrogen and oxygen atoms in total. The van der Waals surface area contributed by atoms with Crippen LogP contribution in [0.2, 0.25) is 0 Å². The molecule has 136 valence electrons. The van der Waals surface area contributed by atoms with Gasteiger partial charge in [-0.05, 0) is 43.0 Å². The average Bonchev–Trinajstić information content (AvgIpc) is 2.70. The molecule has 0 N–H and O–H groups in total. The van der Waals surface area contributed by atoms with E-state index in [4.69, 9.17) is 4.74 Å². The van der Waals surface area contributed by atoms with Gasteiger partial charge >= 0.3 is 0 Å². The van der Waals surface area contributed by atoms with Gasteiger partial charge in [0.15, 0.2) is 0 Å². The summed E-state index contributed by atoms with van der Waals surface area (Å²) in [5.74, 6) is 1.15. The van der Waals surface area contributed by atoms with E-state index >= 15 is 0 Å². The second-order valence-electron chi connectivity index (χ2n) is 7.17. The van der Waals surface area contributed by atoms with Crippen molar-refractivity contribution in [2.75, 3.05) is 32.7 Å². The van der Waals surface area contributed by atoms with Crippen LogP contribution in [0, 0.1) is 0 Å². The van der Waals surface area contributed by atoms with E-state index in [9.17, 15) is 4.79 Å². The van der Waals surface area contributed by atoms with E-state index in [0.29, 0.717) is 6.10 Å². The largest absolute Gasteiger partial charge is 0.490 e. The van der Waals surface area contributed by atoms with Crippen molar-refractivity contribution in [1.29, 1.82) is 0 Å². The van der Waals surface area contributed by atoms with Gasteiger partial charge in [0.1, 0.15) is 11.9 Å². The van der Waals surface area contributed by atoms with Crippen LogP contribution in [-0.2, 0) is 6.42 Å². The molecule has 2 aromatic carbocycles. The Morgan fingerprint density at radius 2 is 1.62 bits per heavy atom. The summed E-state index contributed by atoms with van der Waals surface area (Å²) in [5, 5.41) is 0. The second-order valence-corrected chi connectivity index (χ2v) is 7.17. The minimum Gasteiger partial charge on any atom is -0.490 e. The molecule has 4 rings (SSSR count). The molecule has 2 aromatic rings. The van der Waals surface area contributed by atoms with E-state index in [1.165, 1.54) is 5.56 Å². The van der Waals surface area contributed by atoms with E-state index < -0.39 is 0 Å². The molecule has 1 saturated heterocycles. The van der Waals surface area contributed by atoms with E-state index in [1.807, 2.05) is 53.4 Å². The van der Waals surface area contributed by atoms with Gasteiger partial charge in [0, 0.05) is 38.3 Å². The summed E-state index contributed by atoms with van der Waals surface area (Å²) in [4.78, 5) is 17.1. The molecule has 0 unspecified atom stereocenters. The third-order valence-corrected chi connectivity index (χ3v) is 5.45. The summed E-state index contributed by atoms with van der Waals surface area (Å²) in [7, 11) is 0. The summed E-state index contributed by atoms with van der Waals surface area (Å²) in [6, 6.07) is 18.1. The van der Waals surface area contributed by atoms with Crippen LogP contribution in [0.5, 0.6) is 5.75 Å². The minimum atomic E-state index is 0.189. The molecule has 0 saturated carbocycles. The summed E-state index contributed by atoms with van der Waals surface area (Å²) in [6.07, 6.45) is 3.36. The quantitative estimate of drug-likeness (QED) is 0.830. The number of para-hydroxylation sites is 1. The molecular weight excluding hydrogens is 324 g/mol. The topological polar surface area (TPSA) is 32.8 Å². The molecule has 0 aliphatic carbocycles. The van der Waals surface area contributed by atoms with Gasteiger partial charge in [0.05, 0.1) is 0 Å². The smallest absolute Gasteiger partial charge is 0.254 e. The number of hydrogen-bond donors (Lipinski definition) is 0. The predicted octanol–water partition coefficient (Wildman–Crippen LogP) is 3.23. The number of piperidine rings is 1. The van der Waals surface area contributed by atoms with E-state index in [1.54, 1.807) is 0 Å². The first kappa shape index (κ1) is 17.1.